The Balaban J connectivity index is 1.79. The minimum atomic E-state index is -1.02. The van der Waals surface area contributed by atoms with E-state index in [1.807, 2.05) is 22.2 Å². The molecule has 7 heteroatoms. The lowest BCUT2D eigenvalue weighted by Gasteiger charge is -2.08. The van der Waals surface area contributed by atoms with Gasteiger partial charge in [-0.3, -0.25) is 4.40 Å². The fourth-order valence-electron chi connectivity index (χ4n) is 1.79. The van der Waals surface area contributed by atoms with Crippen LogP contribution in [0.3, 0.4) is 0 Å². The molecule has 6 nitrogen and oxygen atoms in total. The Bertz CT molecular complexity index is 750. The molecule has 0 aliphatic heterocycles. The van der Waals surface area contributed by atoms with Gasteiger partial charge in [-0.05, 0) is 18.2 Å². The van der Waals surface area contributed by atoms with Crippen molar-refractivity contribution in [3.8, 4) is 5.75 Å². The third kappa shape index (κ3) is 2.30. The summed E-state index contributed by atoms with van der Waals surface area (Å²) in [5, 5.41) is 10.9. The number of aromatic nitrogens is 2. The summed E-state index contributed by atoms with van der Waals surface area (Å²) in [4.78, 5) is 16.2. The lowest BCUT2D eigenvalue weighted by Crippen LogP contribution is -2.02. The molecular formula is C13H11N3O3S. The molecule has 0 atom stereocenters. The van der Waals surface area contributed by atoms with Crippen LogP contribution in [0.4, 0.5) is 5.69 Å². The summed E-state index contributed by atoms with van der Waals surface area (Å²) in [6.45, 7) is 0.238. The Hall–Kier alpha value is -2.54. The molecule has 20 heavy (non-hydrogen) atoms. The van der Waals surface area contributed by atoms with Crippen molar-refractivity contribution in [3.05, 3.63) is 47.2 Å². The molecule has 0 unspecified atom stereocenters. The number of nitrogen functional groups attached to an aromatic ring is 1. The Labute approximate surface area is 118 Å². The first-order chi connectivity index (χ1) is 9.63. The summed E-state index contributed by atoms with van der Waals surface area (Å²) in [6.07, 6.45) is 3.78. The highest BCUT2D eigenvalue weighted by Gasteiger charge is 2.09. The van der Waals surface area contributed by atoms with Gasteiger partial charge in [-0.25, -0.2) is 9.78 Å². The second-order valence-corrected chi connectivity index (χ2v) is 5.04. The molecule has 102 valence electrons. The summed E-state index contributed by atoms with van der Waals surface area (Å²) < 4.78 is 7.46. The Morgan fingerprint density at radius 3 is 3.10 bits per heavy atom. The van der Waals surface area contributed by atoms with Gasteiger partial charge in [-0.15, -0.1) is 11.3 Å². The number of hydrogen-bond acceptors (Lipinski definition) is 5. The zero-order chi connectivity index (χ0) is 14.1. The van der Waals surface area contributed by atoms with Crippen LogP contribution in [0.1, 0.15) is 16.1 Å². The maximum atomic E-state index is 10.9. The number of nitrogens with two attached hydrogens (primary N) is 1. The van der Waals surface area contributed by atoms with Gasteiger partial charge in [0.15, 0.2) is 4.96 Å². The number of nitrogens with zero attached hydrogens (tertiary/aromatic N) is 2. The van der Waals surface area contributed by atoms with E-state index in [9.17, 15) is 4.79 Å². The second-order valence-electron chi connectivity index (χ2n) is 4.17. The molecule has 0 bridgehead atoms. The van der Waals surface area contributed by atoms with Gasteiger partial charge < -0.3 is 15.6 Å². The number of carboxylic acids is 1. The third-order valence-corrected chi connectivity index (χ3v) is 3.55. The number of carboxylic acid groups (broad SMARTS) is 1. The Kier molecular flexibility index (Phi) is 3.03. The van der Waals surface area contributed by atoms with Gasteiger partial charge in [0.1, 0.15) is 12.4 Å². The lowest BCUT2D eigenvalue weighted by atomic mass is 10.2. The zero-order valence-electron chi connectivity index (χ0n) is 10.3. The van der Waals surface area contributed by atoms with Crippen LogP contribution in [-0.4, -0.2) is 20.5 Å². The number of aromatic carboxylic acids is 1. The topological polar surface area (TPSA) is 89.9 Å². The van der Waals surface area contributed by atoms with E-state index in [1.165, 1.54) is 29.5 Å². The molecule has 0 saturated heterocycles. The van der Waals surface area contributed by atoms with Gasteiger partial charge in [0.05, 0.1) is 16.9 Å². The van der Waals surface area contributed by atoms with E-state index >= 15 is 0 Å². The number of imidazole rings is 1. The van der Waals surface area contributed by atoms with Gasteiger partial charge in [-0.1, -0.05) is 0 Å². The van der Waals surface area contributed by atoms with Gasteiger partial charge in [0.25, 0.3) is 0 Å². The SMILES string of the molecule is Nc1ccc(C(=O)O)cc1OCc1cn2ccsc2n1. The maximum Gasteiger partial charge on any atom is 0.335 e. The molecule has 0 radical (unpaired) electrons. The molecule has 0 fully saturated rings. The van der Waals surface area contributed by atoms with E-state index in [0.717, 1.165) is 10.7 Å². The van der Waals surface area contributed by atoms with Crippen molar-refractivity contribution >= 4 is 28.0 Å². The third-order valence-electron chi connectivity index (χ3n) is 2.78. The average molecular weight is 289 g/mol. The normalized spacial score (nSPS) is 10.8. The summed E-state index contributed by atoms with van der Waals surface area (Å²) in [6, 6.07) is 4.37. The van der Waals surface area contributed by atoms with Crippen LogP contribution in [0.15, 0.2) is 36.0 Å². The summed E-state index contributed by atoms with van der Waals surface area (Å²) in [5.41, 5.74) is 7.07. The fourth-order valence-corrected chi connectivity index (χ4v) is 2.51. The van der Waals surface area contributed by atoms with E-state index in [0.29, 0.717) is 11.4 Å². The number of ether oxygens (including phenoxy) is 1. The highest BCUT2D eigenvalue weighted by atomic mass is 32.1. The fraction of sp³-hybridized carbons (Fsp3) is 0.0769. The minimum Gasteiger partial charge on any atom is -0.485 e. The van der Waals surface area contributed by atoms with E-state index in [2.05, 4.69) is 4.98 Å². The molecule has 2 heterocycles. The van der Waals surface area contributed by atoms with Gasteiger partial charge in [-0.2, -0.15) is 0 Å². The van der Waals surface area contributed by atoms with E-state index in [4.69, 9.17) is 15.6 Å². The van der Waals surface area contributed by atoms with Crippen molar-refractivity contribution in [1.82, 2.24) is 9.38 Å². The second kappa shape index (κ2) is 4.86. The monoisotopic (exact) mass is 289 g/mol. The first-order valence-corrected chi connectivity index (χ1v) is 6.68. The van der Waals surface area contributed by atoms with Crippen molar-refractivity contribution in [2.75, 3.05) is 5.73 Å². The number of thiazole rings is 1. The van der Waals surface area contributed by atoms with Crippen molar-refractivity contribution < 1.29 is 14.6 Å². The van der Waals surface area contributed by atoms with Crippen molar-refractivity contribution in [1.29, 1.82) is 0 Å². The number of rotatable bonds is 4. The van der Waals surface area contributed by atoms with E-state index < -0.39 is 5.97 Å². The van der Waals surface area contributed by atoms with E-state index in [1.54, 1.807) is 0 Å². The van der Waals surface area contributed by atoms with Crippen LogP contribution in [0.25, 0.3) is 4.96 Å². The zero-order valence-corrected chi connectivity index (χ0v) is 11.1. The first kappa shape index (κ1) is 12.5. The quantitative estimate of drug-likeness (QED) is 0.719. The summed E-state index contributed by atoms with van der Waals surface area (Å²) in [7, 11) is 0. The first-order valence-electron chi connectivity index (χ1n) is 5.80. The van der Waals surface area contributed by atoms with Crippen LogP contribution < -0.4 is 10.5 Å². The predicted octanol–water partition coefficient (Wildman–Crippen LogP) is 2.26. The molecule has 0 amide bonds. The van der Waals surface area contributed by atoms with Gasteiger partial charge in [0.2, 0.25) is 0 Å². The molecule has 3 aromatic rings. The van der Waals surface area contributed by atoms with Crippen LogP contribution >= 0.6 is 11.3 Å². The molecule has 0 aliphatic carbocycles. The predicted molar refractivity (Wildman–Crippen MR) is 75.2 cm³/mol. The number of anilines is 1. The van der Waals surface area contributed by atoms with Gasteiger partial charge in [0, 0.05) is 17.8 Å². The van der Waals surface area contributed by atoms with Crippen LogP contribution in [0, 0.1) is 0 Å². The summed E-state index contributed by atoms with van der Waals surface area (Å²) >= 11 is 1.53. The molecular weight excluding hydrogens is 278 g/mol. The van der Waals surface area contributed by atoms with Crippen LogP contribution in [-0.2, 0) is 6.61 Å². The largest absolute Gasteiger partial charge is 0.485 e. The minimum absolute atomic E-state index is 0.139. The number of carbonyl (C=O) groups is 1. The Morgan fingerprint density at radius 2 is 2.35 bits per heavy atom. The maximum absolute atomic E-state index is 10.9. The van der Waals surface area contributed by atoms with Crippen LogP contribution in [0.2, 0.25) is 0 Å². The molecule has 0 spiro atoms. The number of fused-ring (bicyclic) bond motifs is 1. The number of benzene rings is 1. The highest BCUT2D eigenvalue weighted by molar-refractivity contribution is 7.15. The van der Waals surface area contributed by atoms with Crippen molar-refractivity contribution in [2.24, 2.45) is 0 Å². The molecule has 3 rings (SSSR count). The standard InChI is InChI=1S/C13H11N3O3S/c14-10-2-1-8(12(17)18)5-11(10)19-7-9-6-16-3-4-20-13(16)15-9/h1-6H,7,14H2,(H,17,18). The van der Waals surface area contributed by atoms with Crippen molar-refractivity contribution in [3.63, 3.8) is 0 Å². The molecule has 2 aromatic heterocycles. The molecule has 1 aromatic carbocycles. The Morgan fingerprint density at radius 1 is 1.50 bits per heavy atom. The smallest absolute Gasteiger partial charge is 0.335 e. The lowest BCUT2D eigenvalue weighted by molar-refractivity contribution is 0.0696. The molecule has 0 aliphatic rings. The molecule has 3 N–H and O–H groups in total. The van der Waals surface area contributed by atoms with Crippen molar-refractivity contribution in [2.45, 2.75) is 6.61 Å². The highest BCUT2D eigenvalue weighted by Crippen LogP contribution is 2.24. The van der Waals surface area contributed by atoms with Crippen LogP contribution in [0.5, 0.6) is 5.75 Å². The molecule has 0 saturated carbocycles. The number of hydrogen-bond donors (Lipinski definition) is 2. The van der Waals surface area contributed by atoms with E-state index in [-0.39, 0.29) is 12.2 Å². The summed E-state index contributed by atoms with van der Waals surface area (Å²) in [5.74, 6) is -0.668. The average Bonchev–Trinajstić information content (AvgIpc) is 2.98. The van der Waals surface area contributed by atoms with Gasteiger partial charge >= 0.3 is 5.97 Å².